The highest BCUT2D eigenvalue weighted by Crippen LogP contribution is 2.14. The molecule has 1 aliphatic rings. The summed E-state index contributed by atoms with van der Waals surface area (Å²) < 4.78 is 33.0. The maximum absolute atomic E-state index is 11.8. The Bertz CT molecular complexity index is 977. The van der Waals surface area contributed by atoms with E-state index in [1.54, 1.807) is 31.4 Å². The highest BCUT2D eigenvalue weighted by Gasteiger charge is 2.22. The highest BCUT2D eigenvalue weighted by atomic mass is 127. The normalized spacial score (nSPS) is 16.4. The summed E-state index contributed by atoms with van der Waals surface area (Å²) >= 11 is 0. The quantitative estimate of drug-likeness (QED) is 0.249. The van der Waals surface area contributed by atoms with Crippen molar-refractivity contribution in [1.29, 1.82) is 0 Å². The molecule has 0 amide bonds. The van der Waals surface area contributed by atoms with E-state index in [0.29, 0.717) is 25.5 Å². The van der Waals surface area contributed by atoms with Gasteiger partial charge >= 0.3 is 0 Å². The molecule has 0 bridgehead atoms. The Morgan fingerprint density at radius 2 is 2.06 bits per heavy atom. The molecule has 0 saturated heterocycles. The second-order valence-electron chi connectivity index (χ2n) is 6.99. The van der Waals surface area contributed by atoms with Gasteiger partial charge in [0.15, 0.2) is 11.8 Å². The monoisotopic (exact) mass is 563 g/mol. The van der Waals surface area contributed by atoms with E-state index in [0.717, 1.165) is 36.7 Å². The molecule has 0 spiro atoms. The van der Waals surface area contributed by atoms with Crippen LogP contribution in [0.15, 0.2) is 34.2 Å². The molecule has 1 aromatic carbocycles. The van der Waals surface area contributed by atoms with Gasteiger partial charge in [0.1, 0.15) is 12.4 Å². The van der Waals surface area contributed by atoms with Crippen LogP contribution in [-0.4, -0.2) is 55.9 Å². The summed E-state index contributed by atoms with van der Waals surface area (Å²) in [5.41, 5.74) is 0.925. The lowest BCUT2D eigenvalue weighted by Crippen LogP contribution is -2.47. The zero-order valence-electron chi connectivity index (χ0n) is 18.0. The second kappa shape index (κ2) is 11.7. The fourth-order valence-corrected chi connectivity index (χ4v) is 3.97. The Balaban J connectivity index is 0.00000341. The molecule has 12 heteroatoms. The van der Waals surface area contributed by atoms with E-state index in [-0.39, 0.29) is 34.9 Å². The van der Waals surface area contributed by atoms with E-state index < -0.39 is 10.0 Å². The Morgan fingerprint density at radius 1 is 1.32 bits per heavy atom. The lowest BCUT2D eigenvalue weighted by Gasteiger charge is -2.25. The first kappa shape index (κ1) is 25.5. The highest BCUT2D eigenvalue weighted by molar-refractivity contribution is 14.0. The Hall–Kier alpha value is -1.77. The largest absolute Gasteiger partial charge is 0.377 e. The molecular formula is C19H30IN7O3S. The van der Waals surface area contributed by atoms with Crippen molar-refractivity contribution in [3.63, 3.8) is 0 Å². The van der Waals surface area contributed by atoms with Crippen LogP contribution in [0, 0.1) is 0 Å². The molecule has 2 heterocycles. The topological polar surface area (TPSA) is 123 Å². The summed E-state index contributed by atoms with van der Waals surface area (Å²) in [5, 5.41) is 11.2. The number of halogens is 1. The van der Waals surface area contributed by atoms with Gasteiger partial charge in [0.25, 0.3) is 0 Å². The van der Waals surface area contributed by atoms with Crippen LogP contribution in [0.1, 0.15) is 30.6 Å². The van der Waals surface area contributed by atoms with E-state index >= 15 is 0 Å². The fraction of sp³-hybridized carbons (Fsp3) is 0.526. The molecule has 0 aliphatic carbocycles. The maximum atomic E-state index is 11.8. The fourth-order valence-electron chi connectivity index (χ4n) is 3.24. The van der Waals surface area contributed by atoms with E-state index in [1.165, 1.54) is 7.05 Å². The number of aromatic nitrogens is 3. The number of methoxy groups -OCH3 is 1. The van der Waals surface area contributed by atoms with Crippen molar-refractivity contribution >= 4 is 40.0 Å². The molecule has 0 saturated carbocycles. The van der Waals surface area contributed by atoms with Crippen LogP contribution in [0.3, 0.4) is 0 Å². The van der Waals surface area contributed by atoms with Crippen LogP contribution < -0.4 is 15.4 Å². The predicted octanol–water partition coefficient (Wildman–Crippen LogP) is 1.02. The molecule has 0 fully saturated rings. The van der Waals surface area contributed by atoms with Gasteiger partial charge in [-0.3, -0.25) is 0 Å². The third-order valence-corrected chi connectivity index (χ3v) is 6.21. The molecule has 3 N–H and O–H groups in total. The molecule has 10 nitrogen and oxygen atoms in total. The molecular weight excluding hydrogens is 533 g/mol. The summed E-state index contributed by atoms with van der Waals surface area (Å²) in [6.45, 7) is 4.32. The minimum absolute atomic E-state index is 0. The minimum atomic E-state index is -3.43. The zero-order chi connectivity index (χ0) is 21.6. The van der Waals surface area contributed by atoms with Crippen molar-refractivity contribution in [3.8, 4) is 0 Å². The summed E-state index contributed by atoms with van der Waals surface area (Å²) in [7, 11) is -0.400. The summed E-state index contributed by atoms with van der Waals surface area (Å²) in [6, 6.07) is 6.91. The molecule has 1 atom stereocenters. The first-order valence-corrected chi connectivity index (χ1v) is 11.4. The Labute approximate surface area is 200 Å². The first-order chi connectivity index (χ1) is 14.4. The number of nitrogens with zero attached hydrogens (tertiary/aromatic N) is 4. The van der Waals surface area contributed by atoms with E-state index in [9.17, 15) is 8.42 Å². The molecule has 2 aromatic rings. The van der Waals surface area contributed by atoms with Crippen LogP contribution in [0.5, 0.6) is 0 Å². The van der Waals surface area contributed by atoms with Crippen LogP contribution >= 0.6 is 24.0 Å². The number of sulfonamides is 1. The average Bonchev–Trinajstić information content (AvgIpc) is 3.14. The van der Waals surface area contributed by atoms with Crippen molar-refractivity contribution in [2.24, 2.45) is 4.99 Å². The predicted molar refractivity (Wildman–Crippen MR) is 129 cm³/mol. The number of benzene rings is 1. The number of nitrogens with one attached hydrogen (secondary N) is 3. The third kappa shape index (κ3) is 6.85. The number of rotatable bonds is 8. The van der Waals surface area contributed by atoms with Crippen molar-refractivity contribution in [2.75, 3.05) is 20.7 Å². The van der Waals surface area contributed by atoms with Crippen molar-refractivity contribution < 1.29 is 13.2 Å². The second-order valence-corrected chi connectivity index (χ2v) is 8.87. The third-order valence-electron chi connectivity index (χ3n) is 4.78. The molecule has 31 heavy (non-hydrogen) atoms. The lowest BCUT2D eigenvalue weighted by atomic mass is 10.1. The minimum Gasteiger partial charge on any atom is -0.377 e. The van der Waals surface area contributed by atoms with E-state index in [2.05, 4.69) is 30.4 Å². The first-order valence-electron chi connectivity index (χ1n) is 9.94. The number of fused-ring (bicyclic) bond motifs is 1. The number of ether oxygens (including phenoxy) is 1. The van der Waals surface area contributed by atoms with Gasteiger partial charge in [-0.1, -0.05) is 12.1 Å². The molecule has 1 aromatic heterocycles. The van der Waals surface area contributed by atoms with Gasteiger partial charge < -0.3 is 15.4 Å². The number of hydrogen-bond acceptors (Lipinski definition) is 6. The van der Waals surface area contributed by atoms with Crippen LogP contribution in [-0.2, 0) is 40.9 Å². The number of hydrogen-bond donors (Lipinski definition) is 3. The number of guanidine groups is 1. The SMILES string of the molecule is CCNC(=NCc1ccc(S(=O)(=O)NC)cc1)NC1CCc2nc(COC)nn2C1.I. The molecule has 172 valence electrons. The molecule has 3 rings (SSSR count). The maximum Gasteiger partial charge on any atom is 0.240 e. The van der Waals surface area contributed by atoms with Crippen LogP contribution in [0.25, 0.3) is 0 Å². The Kier molecular flexibility index (Phi) is 9.65. The smallest absolute Gasteiger partial charge is 0.240 e. The van der Waals surface area contributed by atoms with Gasteiger partial charge in [0, 0.05) is 26.1 Å². The summed E-state index contributed by atoms with van der Waals surface area (Å²) in [6.07, 6.45) is 1.78. The van der Waals surface area contributed by atoms with Gasteiger partial charge in [-0.25, -0.2) is 27.8 Å². The Morgan fingerprint density at radius 3 is 2.71 bits per heavy atom. The molecule has 0 radical (unpaired) electrons. The van der Waals surface area contributed by atoms with Gasteiger partial charge in [-0.05, 0) is 38.1 Å². The van der Waals surface area contributed by atoms with Crippen molar-refractivity contribution in [2.45, 2.75) is 50.4 Å². The van der Waals surface area contributed by atoms with Gasteiger partial charge in [0.2, 0.25) is 10.0 Å². The van der Waals surface area contributed by atoms with Crippen molar-refractivity contribution in [3.05, 3.63) is 41.5 Å². The molecule has 1 unspecified atom stereocenters. The van der Waals surface area contributed by atoms with Crippen molar-refractivity contribution in [1.82, 2.24) is 30.1 Å². The van der Waals surface area contributed by atoms with Gasteiger partial charge in [-0.2, -0.15) is 5.10 Å². The van der Waals surface area contributed by atoms with Gasteiger partial charge in [-0.15, -0.1) is 24.0 Å². The van der Waals surface area contributed by atoms with Crippen LogP contribution in [0.4, 0.5) is 0 Å². The van der Waals surface area contributed by atoms with E-state index in [1.807, 2.05) is 11.6 Å². The summed E-state index contributed by atoms with van der Waals surface area (Å²) in [4.78, 5) is 9.38. The van der Waals surface area contributed by atoms with E-state index in [4.69, 9.17) is 4.74 Å². The molecule has 1 aliphatic heterocycles. The lowest BCUT2D eigenvalue weighted by molar-refractivity contribution is 0.177. The number of aliphatic imine (C=N–C) groups is 1. The average molecular weight is 563 g/mol. The number of aryl methyl sites for hydroxylation is 1. The van der Waals surface area contributed by atoms with Gasteiger partial charge in [0.05, 0.1) is 18.0 Å². The standard InChI is InChI=1S/C19H29N7O3S.HI/c1-4-21-19(22-11-14-5-8-16(9-6-14)30(27,28)20-2)23-15-7-10-18-24-17(13-29-3)25-26(18)12-15;/h5-6,8-9,15,20H,4,7,10-13H2,1-3H3,(H2,21,22,23);1H. The zero-order valence-corrected chi connectivity index (χ0v) is 21.1. The van der Waals surface area contributed by atoms with Crippen LogP contribution in [0.2, 0.25) is 0 Å². The summed E-state index contributed by atoms with van der Waals surface area (Å²) in [5.74, 6) is 2.41.